The molecule has 1 atom stereocenters. The average molecular weight is 153 g/mol. The molecule has 0 aliphatic heterocycles. The Hall–Kier alpha value is -1.30. The highest BCUT2D eigenvalue weighted by atomic mass is 14.2. The lowest BCUT2D eigenvalue weighted by Gasteiger charge is -2.15. The van der Waals surface area contributed by atoms with E-state index in [0.29, 0.717) is 5.92 Å². The molecule has 3 rings (SSSR count). The Bertz CT molecular complexity index is 383. The van der Waals surface area contributed by atoms with Gasteiger partial charge in [-0.2, -0.15) is 0 Å². The van der Waals surface area contributed by atoms with E-state index >= 15 is 0 Å². The lowest BCUT2D eigenvalue weighted by atomic mass is 9.89. The van der Waals surface area contributed by atoms with Crippen LogP contribution in [0, 0.1) is 6.08 Å². The third kappa shape index (κ3) is 0.672. The maximum atomic E-state index is 3.35. The van der Waals surface area contributed by atoms with Crippen molar-refractivity contribution in [3.8, 4) is 0 Å². The monoisotopic (exact) mass is 153 g/mol. The molecular formula is C12H9. The molecule has 2 aliphatic rings. The van der Waals surface area contributed by atoms with Gasteiger partial charge in [0.1, 0.15) is 0 Å². The van der Waals surface area contributed by atoms with Crippen LogP contribution in [-0.2, 0) is 6.42 Å². The zero-order chi connectivity index (χ0) is 7.97. The van der Waals surface area contributed by atoms with Crippen molar-refractivity contribution in [2.24, 2.45) is 0 Å². The van der Waals surface area contributed by atoms with Crippen LogP contribution in [0.25, 0.3) is 6.08 Å². The molecule has 0 spiro atoms. The van der Waals surface area contributed by atoms with E-state index in [-0.39, 0.29) is 0 Å². The van der Waals surface area contributed by atoms with Crippen LogP contribution in [0.1, 0.15) is 22.6 Å². The topological polar surface area (TPSA) is 0 Å². The van der Waals surface area contributed by atoms with Gasteiger partial charge in [0.25, 0.3) is 0 Å². The molecule has 0 nitrogen and oxygen atoms in total. The predicted molar refractivity (Wildman–Crippen MR) is 49.7 cm³/mol. The molecule has 1 aromatic rings. The van der Waals surface area contributed by atoms with E-state index in [2.05, 4.69) is 42.5 Å². The van der Waals surface area contributed by atoms with Crippen molar-refractivity contribution in [2.45, 2.75) is 12.3 Å². The molecule has 0 N–H and O–H groups in total. The summed E-state index contributed by atoms with van der Waals surface area (Å²) in [7, 11) is 0. The molecule has 57 valence electrons. The van der Waals surface area contributed by atoms with E-state index < -0.39 is 0 Å². The van der Waals surface area contributed by atoms with E-state index in [0.717, 1.165) is 6.42 Å². The maximum Gasteiger partial charge on any atom is 0.0281 e. The Labute approximate surface area is 72.2 Å². The highest BCUT2D eigenvalue weighted by Gasteiger charge is 2.20. The minimum atomic E-state index is 0.449. The molecule has 0 heteroatoms. The number of allylic oxidation sites excluding steroid dienone is 3. The van der Waals surface area contributed by atoms with Crippen molar-refractivity contribution in [2.75, 3.05) is 0 Å². The van der Waals surface area contributed by atoms with Crippen molar-refractivity contribution < 1.29 is 0 Å². The molecular weight excluding hydrogens is 144 g/mol. The van der Waals surface area contributed by atoms with Crippen LogP contribution in [0.5, 0.6) is 0 Å². The second-order valence-electron chi connectivity index (χ2n) is 3.34. The van der Waals surface area contributed by atoms with E-state index in [1.165, 1.54) is 16.7 Å². The normalized spacial score (nSPS) is 22.8. The molecule has 1 unspecified atom stereocenters. The van der Waals surface area contributed by atoms with Crippen molar-refractivity contribution in [3.05, 3.63) is 53.1 Å². The van der Waals surface area contributed by atoms with Gasteiger partial charge in [-0.3, -0.25) is 0 Å². The Morgan fingerprint density at radius 3 is 3.33 bits per heavy atom. The number of benzene rings is 1. The molecule has 1 aromatic carbocycles. The quantitative estimate of drug-likeness (QED) is 0.503. The second kappa shape index (κ2) is 2.10. The average Bonchev–Trinajstić information content (AvgIpc) is 2.52. The summed E-state index contributed by atoms with van der Waals surface area (Å²) in [6.45, 7) is 0. The lowest BCUT2D eigenvalue weighted by molar-refractivity contribution is 0.990. The first-order valence-corrected chi connectivity index (χ1v) is 4.33. The van der Waals surface area contributed by atoms with E-state index in [9.17, 15) is 0 Å². The molecule has 2 aliphatic carbocycles. The number of hydrogen-bond acceptors (Lipinski definition) is 0. The summed E-state index contributed by atoms with van der Waals surface area (Å²) in [6.07, 6.45) is 11.0. The molecule has 0 bridgehead atoms. The Kier molecular flexibility index (Phi) is 1.09. The van der Waals surface area contributed by atoms with Gasteiger partial charge in [0, 0.05) is 5.92 Å². The van der Waals surface area contributed by atoms with Crippen LogP contribution in [0.3, 0.4) is 0 Å². The van der Waals surface area contributed by atoms with Crippen molar-refractivity contribution in [1.82, 2.24) is 0 Å². The zero-order valence-corrected chi connectivity index (χ0v) is 6.75. The third-order valence-electron chi connectivity index (χ3n) is 2.63. The molecule has 0 saturated heterocycles. The van der Waals surface area contributed by atoms with Crippen LogP contribution in [0.4, 0.5) is 0 Å². The fourth-order valence-corrected chi connectivity index (χ4v) is 2.06. The fourth-order valence-electron chi connectivity index (χ4n) is 2.06. The SMILES string of the molecule is [C]1=Cc2cccc3c2C1C=CC3. The molecule has 1 radical (unpaired) electrons. The predicted octanol–water partition coefficient (Wildman–Crippen LogP) is 2.71. The zero-order valence-electron chi connectivity index (χ0n) is 6.75. The largest absolute Gasteiger partial charge is 0.0832 e. The molecule has 12 heavy (non-hydrogen) atoms. The molecule has 0 fully saturated rings. The maximum absolute atomic E-state index is 3.35. The van der Waals surface area contributed by atoms with Crippen LogP contribution in [0.2, 0.25) is 0 Å². The molecule has 0 heterocycles. The lowest BCUT2D eigenvalue weighted by Crippen LogP contribution is -2.01. The first-order chi connectivity index (χ1) is 5.95. The van der Waals surface area contributed by atoms with Gasteiger partial charge >= 0.3 is 0 Å². The van der Waals surface area contributed by atoms with Gasteiger partial charge in [-0.05, 0) is 29.2 Å². The van der Waals surface area contributed by atoms with E-state index in [1.807, 2.05) is 0 Å². The summed E-state index contributed by atoms with van der Waals surface area (Å²) in [5, 5.41) is 0. The molecule has 0 saturated carbocycles. The van der Waals surface area contributed by atoms with E-state index in [4.69, 9.17) is 0 Å². The minimum absolute atomic E-state index is 0.449. The summed E-state index contributed by atoms with van der Waals surface area (Å²) in [6, 6.07) is 6.52. The van der Waals surface area contributed by atoms with Gasteiger partial charge in [0.05, 0.1) is 0 Å². The highest BCUT2D eigenvalue weighted by Crippen LogP contribution is 2.35. The Morgan fingerprint density at radius 2 is 2.33 bits per heavy atom. The second-order valence-corrected chi connectivity index (χ2v) is 3.34. The summed E-state index contributed by atoms with van der Waals surface area (Å²) in [4.78, 5) is 0. The minimum Gasteiger partial charge on any atom is -0.0832 e. The van der Waals surface area contributed by atoms with Crippen molar-refractivity contribution in [1.29, 1.82) is 0 Å². The van der Waals surface area contributed by atoms with Gasteiger partial charge in [-0.25, -0.2) is 0 Å². The van der Waals surface area contributed by atoms with Crippen molar-refractivity contribution in [3.63, 3.8) is 0 Å². The summed E-state index contributed by atoms with van der Waals surface area (Å²) >= 11 is 0. The van der Waals surface area contributed by atoms with Gasteiger partial charge < -0.3 is 0 Å². The summed E-state index contributed by atoms with van der Waals surface area (Å²) in [5.74, 6) is 0.449. The van der Waals surface area contributed by atoms with Crippen LogP contribution < -0.4 is 0 Å². The van der Waals surface area contributed by atoms with Crippen LogP contribution in [-0.4, -0.2) is 0 Å². The van der Waals surface area contributed by atoms with Crippen LogP contribution >= 0.6 is 0 Å². The first kappa shape index (κ1) is 6.24. The third-order valence-corrected chi connectivity index (χ3v) is 2.63. The Balaban J connectivity index is 2.33. The number of hydrogen-bond donors (Lipinski definition) is 0. The van der Waals surface area contributed by atoms with Gasteiger partial charge in [0.15, 0.2) is 0 Å². The van der Waals surface area contributed by atoms with Gasteiger partial charge in [0.2, 0.25) is 0 Å². The van der Waals surface area contributed by atoms with Crippen LogP contribution in [0.15, 0.2) is 30.4 Å². The van der Waals surface area contributed by atoms with Crippen molar-refractivity contribution >= 4 is 6.08 Å². The highest BCUT2D eigenvalue weighted by molar-refractivity contribution is 5.64. The van der Waals surface area contributed by atoms with Gasteiger partial charge in [-0.1, -0.05) is 36.4 Å². The number of rotatable bonds is 0. The molecule has 0 amide bonds. The first-order valence-electron chi connectivity index (χ1n) is 4.33. The van der Waals surface area contributed by atoms with Gasteiger partial charge in [-0.15, -0.1) is 0 Å². The van der Waals surface area contributed by atoms with E-state index in [1.54, 1.807) is 0 Å². The Morgan fingerprint density at radius 1 is 1.33 bits per heavy atom. The summed E-state index contributed by atoms with van der Waals surface area (Å²) in [5.41, 5.74) is 4.32. The standard InChI is InChI=1S/C12H9/c1-3-9-4-2-6-11-8-7-10(5-1)12(9)11/h1-3,5-7,11H,4H2. The summed E-state index contributed by atoms with van der Waals surface area (Å²) < 4.78 is 0. The fraction of sp³-hybridized carbons (Fsp3) is 0.167. The smallest absolute Gasteiger partial charge is 0.0281 e. The molecule has 0 aromatic heterocycles.